The molecule has 0 saturated carbocycles. The molecule has 1 fully saturated rings. The lowest BCUT2D eigenvalue weighted by Crippen LogP contribution is -2.43. The first-order valence-corrected chi connectivity index (χ1v) is 7.53. The minimum Gasteiger partial charge on any atom is -0.408 e. The largest absolute Gasteiger partial charge is 0.408 e. The summed E-state index contributed by atoms with van der Waals surface area (Å²) >= 11 is 5.65. The minimum atomic E-state index is -0.00505. The topological polar surface area (TPSA) is 60.2 Å². The highest BCUT2D eigenvalue weighted by Crippen LogP contribution is 2.32. The maximum absolute atomic E-state index is 5.95. The molecule has 1 saturated heterocycles. The number of alkyl halides is 1. The van der Waals surface area contributed by atoms with E-state index in [1.807, 2.05) is 0 Å². The van der Waals surface area contributed by atoms with Gasteiger partial charge in [0.25, 0.3) is 0 Å². The van der Waals surface area contributed by atoms with Gasteiger partial charge in [0.1, 0.15) is 0 Å². The molecule has 2 heterocycles. The summed E-state index contributed by atoms with van der Waals surface area (Å²) in [5.74, 6) is 1.08. The molecule has 5 nitrogen and oxygen atoms in total. The standard InChI is InChI=1S/C13H22ClN3O2/c1-3-13(4-2)9-10(6-8-18-13)15-12-17-16-11(19-12)5-7-14/h10H,3-9H2,1-2H3,(H,15,17). The second-order valence-corrected chi connectivity index (χ2v) is 5.39. The highest BCUT2D eigenvalue weighted by Gasteiger charge is 2.34. The van der Waals surface area contributed by atoms with Gasteiger partial charge in [0.2, 0.25) is 5.89 Å². The summed E-state index contributed by atoms with van der Waals surface area (Å²) in [4.78, 5) is 0. The van der Waals surface area contributed by atoms with E-state index in [2.05, 4.69) is 29.4 Å². The molecule has 1 unspecified atom stereocenters. The maximum Gasteiger partial charge on any atom is 0.315 e. The number of anilines is 1. The number of hydrogen-bond donors (Lipinski definition) is 1. The van der Waals surface area contributed by atoms with Gasteiger partial charge in [-0.1, -0.05) is 18.9 Å². The van der Waals surface area contributed by atoms with Crippen molar-refractivity contribution in [3.63, 3.8) is 0 Å². The summed E-state index contributed by atoms with van der Waals surface area (Å²) in [6, 6.07) is 0.825. The number of hydrogen-bond acceptors (Lipinski definition) is 5. The molecule has 0 aliphatic carbocycles. The Morgan fingerprint density at radius 3 is 2.84 bits per heavy atom. The zero-order valence-corrected chi connectivity index (χ0v) is 12.4. The number of nitrogens with one attached hydrogen (secondary N) is 1. The molecule has 1 aliphatic heterocycles. The Hall–Kier alpha value is -0.810. The van der Waals surface area contributed by atoms with E-state index < -0.39 is 0 Å². The predicted molar refractivity (Wildman–Crippen MR) is 74.6 cm³/mol. The number of halogens is 1. The molecule has 0 bridgehead atoms. The quantitative estimate of drug-likeness (QED) is 0.815. The predicted octanol–water partition coefficient (Wildman–Crippen LogP) is 3.00. The summed E-state index contributed by atoms with van der Waals surface area (Å²) in [5, 5.41) is 11.3. The second kappa shape index (κ2) is 6.57. The molecule has 1 atom stereocenters. The molecule has 1 aromatic heterocycles. The zero-order valence-electron chi connectivity index (χ0n) is 11.6. The van der Waals surface area contributed by atoms with Gasteiger partial charge in [0, 0.05) is 24.9 Å². The minimum absolute atomic E-state index is 0.00505. The van der Waals surface area contributed by atoms with E-state index in [9.17, 15) is 0 Å². The van der Waals surface area contributed by atoms with Crippen LogP contribution in [0.25, 0.3) is 0 Å². The van der Waals surface area contributed by atoms with Crippen LogP contribution in [-0.2, 0) is 11.2 Å². The highest BCUT2D eigenvalue weighted by atomic mass is 35.5. The van der Waals surface area contributed by atoms with Gasteiger partial charge in [-0.05, 0) is 25.7 Å². The van der Waals surface area contributed by atoms with Crippen LogP contribution in [0, 0.1) is 0 Å². The molecule has 0 radical (unpaired) electrons. The highest BCUT2D eigenvalue weighted by molar-refractivity contribution is 6.17. The first kappa shape index (κ1) is 14.6. The molecule has 0 amide bonds. The fourth-order valence-electron chi connectivity index (χ4n) is 2.56. The van der Waals surface area contributed by atoms with Gasteiger partial charge in [-0.2, -0.15) is 0 Å². The molecule has 1 aliphatic rings. The lowest BCUT2D eigenvalue weighted by Gasteiger charge is -2.39. The van der Waals surface area contributed by atoms with Crippen molar-refractivity contribution in [1.82, 2.24) is 10.2 Å². The number of aryl methyl sites for hydroxylation is 1. The van der Waals surface area contributed by atoms with E-state index in [0.29, 0.717) is 30.2 Å². The van der Waals surface area contributed by atoms with E-state index in [1.165, 1.54) is 0 Å². The third-order valence-corrected chi connectivity index (χ3v) is 4.07. The van der Waals surface area contributed by atoms with E-state index in [-0.39, 0.29) is 5.60 Å². The smallest absolute Gasteiger partial charge is 0.315 e. The van der Waals surface area contributed by atoms with E-state index >= 15 is 0 Å². The van der Waals surface area contributed by atoms with Crippen molar-refractivity contribution in [3.05, 3.63) is 5.89 Å². The van der Waals surface area contributed by atoms with E-state index in [1.54, 1.807) is 0 Å². The van der Waals surface area contributed by atoms with Crippen LogP contribution >= 0.6 is 11.6 Å². The normalized spacial score (nSPS) is 22.4. The Labute approximate surface area is 119 Å². The monoisotopic (exact) mass is 287 g/mol. The summed E-state index contributed by atoms with van der Waals surface area (Å²) < 4.78 is 11.5. The zero-order chi connectivity index (χ0) is 13.7. The fourth-order valence-corrected chi connectivity index (χ4v) is 2.72. The molecule has 1 aromatic rings. The molecule has 108 valence electrons. The van der Waals surface area contributed by atoms with Gasteiger partial charge in [0.05, 0.1) is 5.60 Å². The van der Waals surface area contributed by atoms with Crippen molar-refractivity contribution < 1.29 is 9.15 Å². The Balaban J connectivity index is 1.94. The number of ether oxygens (including phenoxy) is 1. The molecule has 2 rings (SSSR count). The summed E-state index contributed by atoms with van der Waals surface area (Å²) in [6.07, 6.45) is 4.62. The van der Waals surface area contributed by atoms with Crippen LogP contribution in [0.15, 0.2) is 4.42 Å². The Morgan fingerprint density at radius 1 is 1.37 bits per heavy atom. The van der Waals surface area contributed by atoms with Gasteiger partial charge in [-0.3, -0.25) is 0 Å². The van der Waals surface area contributed by atoms with Crippen LogP contribution < -0.4 is 5.32 Å². The van der Waals surface area contributed by atoms with E-state index in [0.717, 1.165) is 32.3 Å². The maximum atomic E-state index is 5.95. The third-order valence-electron chi connectivity index (χ3n) is 3.88. The van der Waals surface area contributed by atoms with Crippen LogP contribution in [0.2, 0.25) is 0 Å². The van der Waals surface area contributed by atoms with E-state index in [4.69, 9.17) is 20.8 Å². The van der Waals surface area contributed by atoms with Crippen molar-refractivity contribution in [2.75, 3.05) is 17.8 Å². The lowest BCUT2D eigenvalue weighted by molar-refractivity contribution is -0.0866. The number of rotatable bonds is 6. The van der Waals surface area contributed by atoms with Gasteiger partial charge in [-0.25, -0.2) is 0 Å². The molecule has 19 heavy (non-hydrogen) atoms. The molecular weight excluding hydrogens is 266 g/mol. The van der Waals surface area contributed by atoms with Gasteiger partial charge >= 0.3 is 6.01 Å². The van der Waals surface area contributed by atoms with Crippen LogP contribution in [0.4, 0.5) is 6.01 Å². The summed E-state index contributed by atoms with van der Waals surface area (Å²) in [5.41, 5.74) is -0.00505. The summed E-state index contributed by atoms with van der Waals surface area (Å²) in [7, 11) is 0. The van der Waals surface area contributed by atoms with Crippen molar-refractivity contribution >= 4 is 17.6 Å². The van der Waals surface area contributed by atoms with Crippen LogP contribution in [-0.4, -0.2) is 34.3 Å². The molecule has 1 N–H and O–H groups in total. The average molecular weight is 288 g/mol. The SMILES string of the molecule is CCC1(CC)CC(Nc2nnc(CCCl)o2)CCO1. The van der Waals surface area contributed by atoms with Crippen molar-refractivity contribution in [2.45, 2.75) is 57.6 Å². The average Bonchev–Trinajstić information content (AvgIpc) is 2.87. The summed E-state index contributed by atoms with van der Waals surface area (Å²) in [6.45, 7) is 5.14. The van der Waals surface area contributed by atoms with Gasteiger partial charge < -0.3 is 14.5 Å². The lowest BCUT2D eigenvalue weighted by atomic mass is 9.86. The first-order chi connectivity index (χ1) is 9.21. The van der Waals surface area contributed by atoms with Crippen molar-refractivity contribution in [2.24, 2.45) is 0 Å². The van der Waals surface area contributed by atoms with Gasteiger partial charge in [-0.15, -0.1) is 16.7 Å². The first-order valence-electron chi connectivity index (χ1n) is 7.00. The van der Waals surface area contributed by atoms with Crippen LogP contribution in [0.3, 0.4) is 0 Å². The molecule has 6 heteroatoms. The third kappa shape index (κ3) is 3.60. The molecule has 0 spiro atoms. The van der Waals surface area contributed by atoms with Crippen molar-refractivity contribution in [3.8, 4) is 0 Å². The van der Waals surface area contributed by atoms with Gasteiger partial charge in [0.15, 0.2) is 0 Å². The number of aromatic nitrogens is 2. The Morgan fingerprint density at radius 2 is 2.16 bits per heavy atom. The molecular formula is C13H22ClN3O2. The Kier molecular flexibility index (Phi) is 5.05. The second-order valence-electron chi connectivity index (χ2n) is 5.01. The van der Waals surface area contributed by atoms with Crippen molar-refractivity contribution in [1.29, 1.82) is 0 Å². The Bertz CT molecular complexity index is 393. The number of nitrogens with zero attached hydrogens (tertiary/aromatic N) is 2. The van der Waals surface area contributed by atoms with Crippen LogP contribution in [0.1, 0.15) is 45.4 Å². The molecule has 0 aromatic carbocycles. The fraction of sp³-hybridized carbons (Fsp3) is 0.846. The van der Waals surface area contributed by atoms with Crippen LogP contribution in [0.5, 0.6) is 0 Å².